The van der Waals surface area contributed by atoms with E-state index in [0.717, 1.165) is 12.2 Å². The molecular weight excluding hydrogens is 336 g/mol. The molecule has 4 N–H and O–H groups in total. The van der Waals surface area contributed by atoms with Gasteiger partial charge in [0.1, 0.15) is 30.2 Å². The number of carbonyl (C=O) groups is 2. The van der Waals surface area contributed by atoms with Gasteiger partial charge in [-0.2, -0.15) is 0 Å². The highest BCUT2D eigenvalue weighted by Gasteiger charge is 2.45. The number of rotatable bonds is 7. The van der Waals surface area contributed by atoms with Crippen molar-refractivity contribution in [2.24, 2.45) is 0 Å². The summed E-state index contributed by atoms with van der Waals surface area (Å²) in [4.78, 5) is 21.4. The Kier molecular flexibility index (Phi) is 7.27. The molecule has 1 heterocycles. The maximum Gasteiger partial charge on any atom is 0.376 e. The smallest absolute Gasteiger partial charge is 0.376 e. The second-order valence-electron chi connectivity index (χ2n) is 6.52. The van der Waals surface area contributed by atoms with Crippen LogP contribution >= 0.6 is 0 Å². The zero-order valence-corrected chi connectivity index (χ0v) is 14.3. The third kappa shape index (κ3) is 6.56. The van der Waals surface area contributed by atoms with Gasteiger partial charge < -0.3 is 34.6 Å². The summed E-state index contributed by atoms with van der Waals surface area (Å²) in [5.74, 6) is -2.99. The first-order valence-corrected chi connectivity index (χ1v) is 7.57. The van der Waals surface area contributed by atoms with Crippen molar-refractivity contribution >= 4 is 11.8 Å². The summed E-state index contributed by atoms with van der Waals surface area (Å²) in [5, 5.41) is 38.3. The summed E-state index contributed by atoms with van der Waals surface area (Å²) in [7, 11) is 0. The highest BCUT2D eigenvalue weighted by atomic mass is 16.7. The lowest BCUT2D eigenvalue weighted by Gasteiger charge is -2.40. The molecule has 1 aliphatic heterocycles. The molecule has 5 atom stereocenters. The molecule has 1 saturated heterocycles. The molecule has 0 bridgehead atoms. The molecular formula is C16H24O9. The number of ketones is 1. The Labute approximate surface area is 145 Å². The Balaban J connectivity index is 2.72. The number of allylic oxidation sites excluding steroid dienone is 1. The largest absolute Gasteiger partial charge is 0.475 e. The van der Waals surface area contributed by atoms with Crippen molar-refractivity contribution in [3.8, 4) is 0 Å². The Bertz CT molecular complexity index is 534. The van der Waals surface area contributed by atoms with Gasteiger partial charge in [-0.15, -0.1) is 0 Å². The standard InChI is InChI=1S/C16H24O9/c1-8(5-6-9(17)14(21)22)24-15-13(20)12(19)11(18)10(25-15)7-23-16(2,3)4/h5-6,10-13,15,18-20H,1,7H2,2-4H3,(H,21,22)/b6-5+. The zero-order chi connectivity index (χ0) is 19.4. The molecule has 9 heteroatoms. The minimum atomic E-state index is -1.64. The van der Waals surface area contributed by atoms with Gasteiger partial charge >= 0.3 is 5.97 Å². The highest BCUT2D eigenvalue weighted by Crippen LogP contribution is 2.25. The third-order valence-corrected chi connectivity index (χ3v) is 3.25. The van der Waals surface area contributed by atoms with E-state index in [1.54, 1.807) is 20.8 Å². The molecule has 5 unspecified atom stereocenters. The fourth-order valence-corrected chi connectivity index (χ4v) is 1.91. The Morgan fingerprint density at radius 1 is 1.12 bits per heavy atom. The van der Waals surface area contributed by atoms with Crippen molar-refractivity contribution in [3.05, 3.63) is 24.5 Å². The highest BCUT2D eigenvalue weighted by molar-refractivity contribution is 6.37. The van der Waals surface area contributed by atoms with E-state index in [1.165, 1.54) is 0 Å². The van der Waals surface area contributed by atoms with Gasteiger partial charge in [0.05, 0.1) is 12.2 Å². The molecule has 0 amide bonds. The Morgan fingerprint density at radius 3 is 2.24 bits per heavy atom. The Hall–Kier alpha value is -1.78. The molecule has 1 fully saturated rings. The van der Waals surface area contributed by atoms with Crippen molar-refractivity contribution in [1.82, 2.24) is 0 Å². The number of hydrogen-bond donors (Lipinski definition) is 4. The normalized spacial score (nSPS) is 30.2. The first-order valence-electron chi connectivity index (χ1n) is 7.57. The van der Waals surface area contributed by atoms with Crippen LogP contribution in [0.1, 0.15) is 20.8 Å². The second-order valence-corrected chi connectivity index (χ2v) is 6.52. The van der Waals surface area contributed by atoms with Gasteiger partial charge in [0, 0.05) is 0 Å². The predicted molar refractivity (Wildman–Crippen MR) is 84.4 cm³/mol. The number of carboxylic acid groups (broad SMARTS) is 1. The lowest BCUT2D eigenvalue weighted by atomic mass is 9.99. The summed E-state index contributed by atoms with van der Waals surface area (Å²) >= 11 is 0. The van der Waals surface area contributed by atoms with Gasteiger partial charge in [-0.05, 0) is 32.9 Å². The summed E-state index contributed by atoms with van der Waals surface area (Å²) in [6.07, 6.45) is -5.17. The van der Waals surface area contributed by atoms with E-state index in [9.17, 15) is 24.9 Å². The van der Waals surface area contributed by atoms with E-state index < -0.39 is 48.1 Å². The molecule has 0 spiro atoms. The average molecular weight is 360 g/mol. The lowest BCUT2D eigenvalue weighted by molar-refractivity contribution is -0.295. The molecule has 0 aromatic heterocycles. The Morgan fingerprint density at radius 2 is 1.72 bits per heavy atom. The lowest BCUT2D eigenvalue weighted by Crippen LogP contribution is -2.59. The zero-order valence-electron chi connectivity index (χ0n) is 14.3. The first kappa shape index (κ1) is 21.3. The number of carbonyl (C=O) groups excluding carboxylic acids is 1. The summed E-state index contributed by atoms with van der Waals surface area (Å²) in [5.41, 5.74) is -0.510. The van der Waals surface area contributed by atoms with Crippen LogP contribution in [-0.4, -0.2) is 75.1 Å². The van der Waals surface area contributed by atoms with E-state index in [1.807, 2.05) is 0 Å². The predicted octanol–water partition coefficient (Wildman–Crippen LogP) is -0.651. The molecule has 9 nitrogen and oxygen atoms in total. The van der Waals surface area contributed by atoms with E-state index >= 15 is 0 Å². The van der Waals surface area contributed by atoms with Crippen LogP contribution in [0.15, 0.2) is 24.5 Å². The number of aliphatic hydroxyl groups excluding tert-OH is 3. The fraction of sp³-hybridized carbons (Fsp3) is 0.625. The van der Waals surface area contributed by atoms with Gasteiger partial charge in [0.15, 0.2) is 0 Å². The summed E-state index contributed by atoms with van der Waals surface area (Å²) < 4.78 is 16.1. The molecule has 0 saturated carbocycles. The number of carboxylic acids is 1. The van der Waals surface area contributed by atoms with Crippen molar-refractivity contribution < 1.29 is 44.2 Å². The maximum atomic E-state index is 11.0. The first-order chi connectivity index (χ1) is 11.4. The minimum absolute atomic E-state index is 0.0614. The number of hydrogen-bond acceptors (Lipinski definition) is 8. The van der Waals surface area contributed by atoms with E-state index in [2.05, 4.69) is 6.58 Å². The van der Waals surface area contributed by atoms with Crippen LogP contribution in [0, 0.1) is 0 Å². The van der Waals surface area contributed by atoms with E-state index in [-0.39, 0.29) is 12.4 Å². The topological polar surface area (TPSA) is 143 Å². The maximum absolute atomic E-state index is 11.0. The molecule has 0 radical (unpaired) electrons. The van der Waals surface area contributed by atoms with Crippen LogP contribution in [0.4, 0.5) is 0 Å². The molecule has 142 valence electrons. The number of ether oxygens (including phenoxy) is 3. The molecule has 25 heavy (non-hydrogen) atoms. The quantitative estimate of drug-likeness (QED) is 0.201. The van der Waals surface area contributed by atoms with Crippen molar-refractivity contribution in [2.75, 3.05) is 6.61 Å². The SMILES string of the molecule is C=C(/C=C/C(=O)C(=O)O)OC1OC(COC(C)(C)C)C(O)C(O)C1O. The van der Waals surface area contributed by atoms with Crippen LogP contribution in [0.25, 0.3) is 0 Å². The van der Waals surface area contributed by atoms with Crippen LogP contribution in [-0.2, 0) is 23.8 Å². The number of aliphatic carboxylic acids is 1. The molecule has 0 aromatic carbocycles. The second kappa shape index (κ2) is 8.54. The summed E-state index contributed by atoms with van der Waals surface area (Å²) in [6.45, 7) is 8.78. The molecule has 0 aliphatic carbocycles. The van der Waals surface area contributed by atoms with Crippen LogP contribution in [0.3, 0.4) is 0 Å². The van der Waals surface area contributed by atoms with Crippen molar-refractivity contribution in [2.45, 2.75) is 57.1 Å². The summed E-state index contributed by atoms with van der Waals surface area (Å²) in [6, 6.07) is 0. The van der Waals surface area contributed by atoms with Gasteiger partial charge in [-0.3, -0.25) is 4.79 Å². The van der Waals surface area contributed by atoms with E-state index in [4.69, 9.17) is 19.3 Å². The van der Waals surface area contributed by atoms with Crippen molar-refractivity contribution in [3.63, 3.8) is 0 Å². The molecule has 0 aromatic rings. The molecule has 1 aliphatic rings. The average Bonchev–Trinajstić information content (AvgIpc) is 2.50. The van der Waals surface area contributed by atoms with Gasteiger partial charge in [0.25, 0.3) is 5.78 Å². The van der Waals surface area contributed by atoms with Gasteiger partial charge in [-0.25, -0.2) is 4.79 Å². The third-order valence-electron chi connectivity index (χ3n) is 3.25. The van der Waals surface area contributed by atoms with Crippen LogP contribution in [0.2, 0.25) is 0 Å². The fourth-order valence-electron chi connectivity index (χ4n) is 1.91. The van der Waals surface area contributed by atoms with Gasteiger partial charge in [-0.1, -0.05) is 6.58 Å². The monoisotopic (exact) mass is 360 g/mol. The van der Waals surface area contributed by atoms with Crippen LogP contribution in [0.5, 0.6) is 0 Å². The number of aliphatic hydroxyl groups is 3. The van der Waals surface area contributed by atoms with Crippen molar-refractivity contribution in [1.29, 1.82) is 0 Å². The van der Waals surface area contributed by atoms with Gasteiger partial charge in [0.2, 0.25) is 6.29 Å². The minimum Gasteiger partial charge on any atom is -0.475 e. The van der Waals surface area contributed by atoms with Crippen LogP contribution < -0.4 is 0 Å². The molecule has 1 rings (SSSR count). The van der Waals surface area contributed by atoms with E-state index in [0.29, 0.717) is 0 Å².